The average molecular weight is 306 g/mol. The molecule has 5 heteroatoms. The van der Waals surface area contributed by atoms with Crippen LogP contribution in [0.3, 0.4) is 0 Å². The first-order valence-corrected chi connectivity index (χ1v) is 7.87. The van der Waals surface area contributed by atoms with Crippen molar-refractivity contribution in [1.82, 2.24) is 9.88 Å². The highest BCUT2D eigenvalue weighted by molar-refractivity contribution is 5.75. The fourth-order valence-corrected chi connectivity index (χ4v) is 2.89. The highest BCUT2D eigenvalue weighted by Crippen LogP contribution is 2.25. The summed E-state index contributed by atoms with van der Waals surface area (Å²) < 4.78 is 11.0. The van der Waals surface area contributed by atoms with Gasteiger partial charge in [0.1, 0.15) is 5.75 Å². The van der Waals surface area contributed by atoms with Crippen LogP contribution in [0, 0.1) is 13.8 Å². The molecular formula is C17H26N2O3. The van der Waals surface area contributed by atoms with Gasteiger partial charge < -0.3 is 14.4 Å². The van der Waals surface area contributed by atoms with E-state index >= 15 is 0 Å². The molecule has 0 saturated carbocycles. The number of amides is 1. The Morgan fingerprint density at radius 3 is 2.91 bits per heavy atom. The van der Waals surface area contributed by atoms with Crippen LogP contribution in [0.15, 0.2) is 6.20 Å². The summed E-state index contributed by atoms with van der Waals surface area (Å²) in [5, 5.41) is 0. The Balaban J connectivity index is 1.93. The van der Waals surface area contributed by atoms with Crippen LogP contribution in [-0.2, 0) is 16.1 Å². The van der Waals surface area contributed by atoms with Crippen molar-refractivity contribution < 1.29 is 14.3 Å². The molecule has 1 aromatic heterocycles. The maximum absolute atomic E-state index is 12.2. The zero-order chi connectivity index (χ0) is 16.1. The first-order chi connectivity index (χ1) is 10.5. The molecule has 0 bridgehead atoms. The van der Waals surface area contributed by atoms with Crippen molar-refractivity contribution in [2.45, 2.75) is 52.2 Å². The summed E-state index contributed by atoms with van der Waals surface area (Å²) in [5.41, 5.74) is 2.90. The van der Waals surface area contributed by atoms with E-state index < -0.39 is 0 Å². The second-order valence-corrected chi connectivity index (χ2v) is 5.97. The zero-order valence-corrected chi connectivity index (χ0v) is 14.0. The van der Waals surface area contributed by atoms with Gasteiger partial charge in [-0.1, -0.05) is 0 Å². The van der Waals surface area contributed by atoms with E-state index in [1.165, 1.54) is 0 Å². The Morgan fingerprint density at radius 2 is 2.27 bits per heavy atom. The van der Waals surface area contributed by atoms with Crippen molar-refractivity contribution in [2.24, 2.45) is 0 Å². The van der Waals surface area contributed by atoms with Gasteiger partial charge in [0.25, 0.3) is 0 Å². The minimum absolute atomic E-state index is 0.135. The van der Waals surface area contributed by atoms with E-state index in [0.29, 0.717) is 13.0 Å². The van der Waals surface area contributed by atoms with Crippen LogP contribution in [0.5, 0.6) is 5.75 Å². The molecule has 1 aliphatic rings. The maximum atomic E-state index is 12.2. The molecule has 0 aromatic carbocycles. The number of aromatic nitrogens is 1. The monoisotopic (exact) mass is 306 g/mol. The SMILES string of the molecule is COc1c(C)cnc(CN(C)C(=O)CC[C@@H]2CCCO2)c1C. The predicted octanol–water partition coefficient (Wildman–Crippen LogP) is 2.62. The van der Waals surface area contributed by atoms with Gasteiger partial charge in [-0.2, -0.15) is 0 Å². The van der Waals surface area contributed by atoms with E-state index in [2.05, 4.69) is 4.98 Å². The van der Waals surface area contributed by atoms with Gasteiger partial charge in [-0.05, 0) is 33.1 Å². The number of pyridine rings is 1. The fourth-order valence-electron chi connectivity index (χ4n) is 2.89. The molecule has 0 spiro atoms. The van der Waals surface area contributed by atoms with Gasteiger partial charge in [-0.3, -0.25) is 9.78 Å². The summed E-state index contributed by atoms with van der Waals surface area (Å²) in [6.07, 6.45) is 5.59. The largest absolute Gasteiger partial charge is 0.496 e. The van der Waals surface area contributed by atoms with E-state index in [0.717, 1.165) is 48.4 Å². The molecule has 5 nitrogen and oxygen atoms in total. The second-order valence-electron chi connectivity index (χ2n) is 5.97. The van der Waals surface area contributed by atoms with Gasteiger partial charge in [0.2, 0.25) is 5.91 Å². The normalized spacial score (nSPS) is 17.5. The van der Waals surface area contributed by atoms with E-state index in [1.807, 2.05) is 20.9 Å². The molecule has 2 rings (SSSR count). The molecule has 1 aromatic rings. The van der Waals surface area contributed by atoms with Crippen molar-refractivity contribution in [2.75, 3.05) is 20.8 Å². The summed E-state index contributed by atoms with van der Waals surface area (Å²) in [5.74, 6) is 0.987. The number of hydrogen-bond acceptors (Lipinski definition) is 4. The maximum Gasteiger partial charge on any atom is 0.222 e. The van der Waals surface area contributed by atoms with Crippen molar-refractivity contribution in [3.8, 4) is 5.75 Å². The lowest BCUT2D eigenvalue weighted by Crippen LogP contribution is -2.27. The molecule has 122 valence electrons. The zero-order valence-electron chi connectivity index (χ0n) is 14.0. The third-order valence-corrected chi connectivity index (χ3v) is 4.27. The van der Waals surface area contributed by atoms with Crippen LogP contribution in [0.25, 0.3) is 0 Å². The quantitative estimate of drug-likeness (QED) is 0.810. The summed E-state index contributed by atoms with van der Waals surface area (Å²) in [7, 11) is 3.49. The second kappa shape index (κ2) is 7.58. The Morgan fingerprint density at radius 1 is 1.50 bits per heavy atom. The molecule has 0 aliphatic carbocycles. The van der Waals surface area contributed by atoms with Crippen LogP contribution in [0.4, 0.5) is 0 Å². The third kappa shape index (κ3) is 3.97. The predicted molar refractivity (Wildman–Crippen MR) is 84.9 cm³/mol. The summed E-state index contributed by atoms with van der Waals surface area (Å²) in [6.45, 7) is 5.30. The van der Waals surface area contributed by atoms with E-state index in [9.17, 15) is 4.79 Å². The molecule has 1 aliphatic heterocycles. The number of carbonyl (C=O) groups excluding carboxylic acids is 1. The van der Waals surface area contributed by atoms with Gasteiger partial charge in [-0.25, -0.2) is 0 Å². The van der Waals surface area contributed by atoms with Gasteiger partial charge in [0.05, 0.1) is 25.5 Å². The Hall–Kier alpha value is -1.62. The molecule has 0 unspecified atom stereocenters. The molecular weight excluding hydrogens is 280 g/mol. The van der Waals surface area contributed by atoms with Gasteiger partial charge in [-0.15, -0.1) is 0 Å². The Kier molecular flexibility index (Phi) is 5.77. The van der Waals surface area contributed by atoms with Crippen LogP contribution in [0.1, 0.15) is 42.5 Å². The lowest BCUT2D eigenvalue weighted by molar-refractivity contribution is -0.131. The number of nitrogens with zero attached hydrogens (tertiary/aromatic N) is 2. The van der Waals surface area contributed by atoms with Crippen LogP contribution < -0.4 is 4.74 Å². The van der Waals surface area contributed by atoms with Crippen molar-refractivity contribution in [3.63, 3.8) is 0 Å². The molecule has 22 heavy (non-hydrogen) atoms. The number of carbonyl (C=O) groups is 1. The molecule has 0 N–H and O–H groups in total. The number of hydrogen-bond donors (Lipinski definition) is 0. The fraction of sp³-hybridized carbons (Fsp3) is 0.647. The average Bonchev–Trinajstić information content (AvgIpc) is 3.01. The molecule has 1 amide bonds. The highest BCUT2D eigenvalue weighted by atomic mass is 16.5. The Bertz CT molecular complexity index is 525. The Labute approximate surface area is 132 Å². The number of methoxy groups -OCH3 is 1. The first-order valence-electron chi connectivity index (χ1n) is 7.87. The molecule has 2 heterocycles. The van der Waals surface area contributed by atoms with E-state index in [1.54, 1.807) is 18.2 Å². The van der Waals surface area contributed by atoms with E-state index in [4.69, 9.17) is 9.47 Å². The van der Waals surface area contributed by atoms with Crippen LogP contribution in [-0.4, -0.2) is 42.7 Å². The van der Waals surface area contributed by atoms with Gasteiger partial charge >= 0.3 is 0 Å². The number of ether oxygens (including phenoxy) is 2. The summed E-state index contributed by atoms with van der Waals surface area (Å²) in [4.78, 5) is 18.4. The minimum atomic E-state index is 0.135. The summed E-state index contributed by atoms with van der Waals surface area (Å²) >= 11 is 0. The lowest BCUT2D eigenvalue weighted by atomic mass is 10.1. The molecule has 0 radical (unpaired) electrons. The molecule has 1 atom stereocenters. The van der Waals surface area contributed by atoms with Gasteiger partial charge in [0, 0.05) is 37.4 Å². The smallest absolute Gasteiger partial charge is 0.222 e. The topological polar surface area (TPSA) is 51.7 Å². The first kappa shape index (κ1) is 16.7. The highest BCUT2D eigenvalue weighted by Gasteiger charge is 2.19. The van der Waals surface area contributed by atoms with Crippen LogP contribution >= 0.6 is 0 Å². The summed E-state index contributed by atoms with van der Waals surface area (Å²) in [6, 6.07) is 0. The molecule has 1 saturated heterocycles. The lowest BCUT2D eigenvalue weighted by Gasteiger charge is -2.20. The van der Waals surface area contributed by atoms with E-state index in [-0.39, 0.29) is 12.0 Å². The third-order valence-electron chi connectivity index (χ3n) is 4.27. The van der Waals surface area contributed by atoms with Crippen molar-refractivity contribution >= 4 is 5.91 Å². The molecule has 1 fully saturated rings. The van der Waals surface area contributed by atoms with Gasteiger partial charge in [0.15, 0.2) is 0 Å². The van der Waals surface area contributed by atoms with Crippen molar-refractivity contribution in [1.29, 1.82) is 0 Å². The number of aryl methyl sites for hydroxylation is 1. The minimum Gasteiger partial charge on any atom is -0.496 e. The number of rotatable bonds is 6. The van der Waals surface area contributed by atoms with Crippen LogP contribution in [0.2, 0.25) is 0 Å². The standard InChI is InChI=1S/C17H26N2O3/c1-12-10-18-15(13(2)17(12)21-4)11-19(3)16(20)8-7-14-6-5-9-22-14/h10,14H,5-9,11H2,1-4H3/t14-/m0/s1. The van der Waals surface area contributed by atoms with Crippen molar-refractivity contribution in [3.05, 3.63) is 23.0 Å².